The van der Waals surface area contributed by atoms with Crippen LogP contribution in [0.4, 0.5) is 0 Å². The van der Waals surface area contributed by atoms with E-state index >= 15 is 0 Å². The number of hydrogen-bond donors (Lipinski definition) is 1. The molecule has 2 heterocycles. The van der Waals surface area contributed by atoms with Gasteiger partial charge in [-0.05, 0) is 57.2 Å². The van der Waals surface area contributed by atoms with Crippen molar-refractivity contribution in [3.63, 3.8) is 0 Å². The largest absolute Gasteiger partial charge is 0.493 e. The second-order valence-electron chi connectivity index (χ2n) is 7.50. The van der Waals surface area contributed by atoms with Crippen molar-refractivity contribution in [2.24, 2.45) is 5.92 Å². The summed E-state index contributed by atoms with van der Waals surface area (Å²) >= 11 is 0. The van der Waals surface area contributed by atoms with Gasteiger partial charge in [0, 0.05) is 24.5 Å². The highest BCUT2D eigenvalue weighted by Gasteiger charge is 2.19. The van der Waals surface area contributed by atoms with Crippen LogP contribution < -0.4 is 10.1 Å². The number of fused-ring (bicyclic) bond motifs is 1. The first-order valence-corrected chi connectivity index (χ1v) is 8.61. The fourth-order valence-corrected chi connectivity index (χ4v) is 3.02. The maximum absolute atomic E-state index is 12.4. The molecule has 1 aromatic heterocycles. The zero-order valence-electron chi connectivity index (χ0n) is 14.7. The van der Waals surface area contributed by atoms with Gasteiger partial charge in [-0.25, -0.2) is 0 Å². The summed E-state index contributed by atoms with van der Waals surface area (Å²) < 4.78 is 7.86. The third-order valence-electron chi connectivity index (χ3n) is 4.55. The molecule has 0 spiro atoms. The predicted molar refractivity (Wildman–Crippen MR) is 95.5 cm³/mol. The van der Waals surface area contributed by atoms with Crippen LogP contribution in [0.15, 0.2) is 42.7 Å². The lowest BCUT2D eigenvalue weighted by atomic mass is 9.97. The second kappa shape index (κ2) is 6.71. The number of rotatable bonds is 3. The Morgan fingerprint density at radius 2 is 2.08 bits per heavy atom. The van der Waals surface area contributed by atoms with Crippen molar-refractivity contribution < 1.29 is 9.53 Å². The summed E-state index contributed by atoms with van der Waals surface area (Å²) in [5, 5.41) is 3.08. The molecule has 1 amide bonds. The molecule has 0 saturated carbocycles. The molecule has 0 unspecified atom stereocenters. The Bertz CT molecular complexity index is 712. The number of amides is 1. The van der Waals surface area contributed by atoms with Crippen molar-refractivity contribution in [2.45, 2.75) is 39.2 Å². The molecule has 0 bridgehead atoms. The molecule has 24 heavy (non-hydrogen) atoms. The molecule has 1 aliphatic heterocycles. The number of ether oxygens (including phenoxy) is 1. The number of carbonyl (C=O) groups excluding carboxylic acids is 1. The number of nitrogens with one attached hydrogen (secondary N) is 1. The molecule has 128 valence electrons. The van der Waals surface area contributed by atoms with E-state index in [-0.39, 0.29) is 11.4 Å². The smallest absolute Gasteiger partial charge is 0.252 e. The van der Waals surface area contributed by atoms with Crippen LogP contribution in [0, 0.1) is 5.92 Å². The van der Waals surface area contributed by atoms with Gasteiger partial charge >= 0.3 is 0 Å². The van der Waals surface area contributed by atoms with E-state index in [1.807, 2.05) is 36.7 Å². The Hall–Kier alpha value is -2.23. The monoisotopic (exact) mass is 326 g/mol. The van der Waals surface area contributed by atoms with Crippen LogP contribution in [0.25, 0.3) is 0 Å². The summed E-state index contributed by atoms with van der Waals surface area (Å²) in [5.41, 5.74) is 1.93. The number of aromatic nitrogens is 1. The van der Waals surface area contributed by atoms with Crippen LogP contribution in [0.5, 0.6) is 5.75 Å². The Kier molecular flexibility index (Phi) is 4.65. The number of para-hydroxylation sites is 1. The van der Waals surface area contributed by atoms with Crippen LogP contribution in [-0.2, 0) is 12.0 Å². The van der Waals surface area contributed by atoms with Gasteiger partial charge in [0.15, 0.2) is 0 Å². The zero-order chi connectivity index (χ0) is 17.2. The Morgan fingerprint density at radius 1 is 1.29 bits per heavy atom. The van der Waals surface area contributed by atoms with Crippen molar-refractivity contribution >= 4 is 5.91 Å². The van der Waals surface area contributed by atoms with Crippen molar-refractivity contribution in [2.75, 3.05) is 13.2 Å². The van der Waals surface area contributed by atoms with E-state index in [0.717, 1.165) is 24.2 Å². The van der Waals surface area contributed by atoms with Crippen LogP contribution >= 0.6 is 0 Å². The lowest BCUT2D eigenvalue weighted by Gasteiger charge is -2.20. The van der Waals surface area contributed by atoms with E-state index in [1.165, 1.54) is 5.56 Å². The lowest BCUT2D eigenvalue weighted by Crippen LogP contribution is -2.30. The molecule has 1 aliphatic rings. The van der Waals surface area contributed by atoms with Gasteiger partial charge in [-0.3, -0.25) is 4.79 Å². The standard InChI is InChI=1S/C20H26N2O2/c1-20(2,3)22-10-8-17(14-22)19(23)21-13-15-9-11-24-18-7-5-4-6-16(18)12-15/h4-8,10,14-15H,9,11-13H2,1-3H3,(H,21,23)/t15-/m0/s1. The van der Waals surface area contributed by atoms with Gasteiger partial charge in [-0.15, -0.1) is 0 Å². The average molecular weight is 326 g/mol. The highest BCUT2D eigenvalue weighted by Crippen LogP contribution is 2.26. The van der Waals surface area contributed by atoms with Crippen molar-refractivity contribution in [3.8, 4) is 5.75 Å². The quantitative estimate of drug-likeness (QED) is 0.936. The SMILES string of the molecule is CC(C)(C)n1ccc(C(=O)NC[C@H]2CCOc3ccccc3C2)c1. The highest BCUT2D eigenvalue weighted by atomic mass is 16.5. The van der Waals surface area contributed by atoms with Crippen molar-refractivity contribution in [3.05, 3.63) is 53.9 Å². The number of hydrogen-bond acceptors (Lipinski definition) is 2. The van der Waals surface area contributed by atoms with Gasteiger partial charge in [0.2, 0.25) is 0 Å². The first kappa shape index (κ1) is 16.6. The predicted octanol–water partition coefficient (Wildman–Crippen LogP) is 3.61. The first-order chi connectivity index (χ1) is 11.4. The minimum atomic E-state index is -0.0130. The minimum absolute atomic E-state index is 0.00329. The van der Waals surface area contributed by atoms with Gasteiger partial charge in [0.25, 0.3) is 5.91 Å². The van der Waals surface area contributed by atoms with E-state index in [2.05, 4.69) is 36.7 Å². The Labute approximate surface area is 143 Å². The molecule has 4 heteroatoms. The number of benzene rings is 1. The summed E-state index contributed by atoms with van der Waals surface area (Å²) in [6.07, 6.45) is 5.78. The second-order valence-corrected chi connectivity index (χ2v) is 7.50. The van der Waals surface area contributed by atoms with Gasteiger partial charge in [-0.1, -0.05) is 18.2 Å². The summed E-state index contributed by atoms with van der Waals surface area (Å²) in [4.78, 5) is 12.4. The zero-order valence-corrected chi connectivity index (χ0v) is 14.7. The third-order valence-corrected chi connectivity index (χ3v) is 4.55. The van der Waals surface area contributed by atoms with E-state index in [4.69, 9.17) is 4.74 Å². The number of carbonyl (C=O) groups is 1. The summed E-state index contributed by atoms with van der Waals surface area (Å²) in [5.74, 6) is 1.38. The Morgan fingerprint density at radius 3 is 2.83 bits per heavy atom. The van der Waals surface area contributed by atoms with Crippen molar-refractivity contribution in [1.82, 2.24) is 9.88 Å². The first-order valence-electron chi connectivity index (χ1n) is 8.61. The summed E-state index contributed by atoms with van der Waals surface area (Å²) in [7, 11) is 0. The summed E-state index contributed by atoms with van der Waals surface area (Å²) in [6.45, 7) is 7.75. The van der Waals surface area contributed by atoms with E-state index < -0.39 is 0 Å². The molecule has 0 saturated heterocycles. The maximum Gasteiger partial charge on any atom is 0.252 e. The molecule has 2 aromatic rings. The summed E-state index contributed by atoms with van der Waals surface area (Å²) in [6, 6.07) is 10.1. The van der Waals surface area contributed by atoms with Crippen LogP contribution in [-0.4, -0.2) is 23.6 Å². The molecular formula is C20H26N2O2. The lowest BCUT2D eigenvalue weighted by molar-refractivity contribution is 0.0945. The molecule has 0 radical (unpaired) electrons. The fraction of sp³-hybridized carbons (Fsp3) is 0.450. The molecule has 0 fully saturated rings. The molecular weight excluding hydrogens is 300 g/mol. The topological polar surface area (TPSA) is 43.3 Å². The van der Waals surface area contributed by atoms with Gasteiger partial charge in [0.05, 0.1) is 12.2 Å². The van der Waals surface area contributed by atoms with Crippen LogP contribution in [0.1, 0.15) is 43.1 Å². The van der Waals surface area contributed by atoms with E-state index in [9.17, 15) is 4.79 Å². The maximum atomic E-state index is 12.4. The third kappa shape index (κ3) is 3.81. The van der Waals surface area contributed by atoms with Gasteiger partial charge in [0.1, 0.15) is 5.75 Å². The average Bonchev–Trinajstić information content (AvgIpc) is 2.95. The van der Waals surface area contributed by atoms with Crippen LogP contribution in [0.3, 0.4) is 0 Å². The normalized spacial score (nSPS) is 17.5. The highest BCUT2D eigenvalue weighted by molar-refractivity contribution is 5.94. The molecule has 1 N–H and O–H groups in total. The van der Waals surface area contributed by atoms with E-state index in [1.54, 1.807) is 0 Å². The Balaban J connectivity index is 1.59. The number of nitrogens with zero attached hydrogens (tertiary/aromatic N) is 1. The molecule has 4 nitrogen and oxygen atoms in total. The van der Waals surface area contributed by atoms with Gasteiger partial charge < -0.3 is 14.6 Å². The van der Waals surface area contributed by atoms with Crippen LogP contribution in [0.2, 0.25) is 0 Å². The molecule has 1 atom stereocenters. The van der Waals surface area contributed by atoms with Gasteiger partial charge in [-0.2, -0.15) is 0 Å². The molecule has 0 aliphatic carbocycles. The fourth-order valence-electron chi connectivity index (χ4n) is 3.02. The van der Waals surface area contributed by atoms with Crippen molar-refractivity contribution in [1.29, 1.82) is 0 Å². The molecule has 3 rings (SSSR count). The van der Waals surface area contributed by atoms with E-state index in [0.29, 0.717) is 19.1 Å². The minimum Gasteiger partial charge on any atom is -0.493 e. The molecule has 1 aromatic carbocycles.